The van der Waals surface area contributed by atoms with Crippen molar-refractivity contribution in [2.75, 3.05) is 50.0 Å². The fourth-order valence-corrected chi connectivity index (χ4v) is 0. The summed E-state index contributed by atoms with van der Waals surface area (Å²) in [7, 11) is -2.44. The number of hydrogen-bond donors (Lipinski definition) is 0. The van der Waals surface area contributed by atoms with E-state index in [2.05, 4.69) is 0 Å². The van der Waals surface area contributed by atoms with Gasteiger partial charge >= 0.3 is 19.8 Å². The second-order valence-electron chi connectivity index (χ2n) is 2.97. The van der Waals surface area contributed by atoms with Crippen molar-refractivity contribution < 1.29 is 61.4 Å². The van der Waals surface area contributed by atoms with Crippen molar-refractivity contribution in [1.29, 1.82) is 0 Å². The van der Waals surface area contributed by atoms with Crippen molar-refractivity contribution in [3.8, 4) is 0 Å². The summed E-state index contributed by atoms with van der Waals surface area (Å²) in [6, 6.07) is 0. The number of halogens is 2. The molecule has 0 spiro atoms. The minimum Gasteiger partial charge on any atom is -1.00 e. The largest absolute Gasteiger partial charge is 2.00 e. The Morgan fingerprint density at radius 2 is 0.421 bits per heavy atom. The molecule has 0 aromatic heterocycles. The Morgan fingerprint density at radius 3 is 0.421 bits per heavy atom. The van der Waals surface area contributed by atoms with E-state index in [1.165, 1.54) is 0 Å². The molecule has 0 saturated carbocycles. The third-order valence-electron chi connectivity index (χ3n) is 0. The predicted molar refractivity (Wildman–Crippen MR) is 80.0 cm³/mol. The summed E-state index contributed by atoms with van der Waals surface area (Å²) in [5.74, 6) is 0. The van der Waals surface area contributed by atoms with Crippen molar-refractivity contribution in [2.24, 2.45) is 0 Å². The van der Waals surface area contributed by atoms with E-state index in [1.54, 1.807) is 50.0 Å². The molecule has 0 N–H and O–H groups in total. The van der Waals surface area contributed by atoms with E-state index in [0.29, 0.717) is 0 Å². The Kier molecular flexibility index (Phi) is 82.8. The molecule has 0 unspecified atom stereocenters. The summed E-state index contributed by atoms with van der Waals surface area (Å²) < 4.78 is 38.2. The molecule has 0 fully saturated rings. The average Bonchev–Trinajstić information content (AvgIpc) is 1.76. The molecule has 0 radical (unpaired) electrons. The monoisotopic (exact) mass is 574 g/mol. The van der Waals surface area contributed by atoms with Gasteiger partial charge in [0.1, 0.15) is 0 Å². The molecule has 0 bridgehead atoms. The number of rotatable bonds is 0. The van der Waals surface area contributed by atoms with Crippen LogP contribution in [0.4, 0.5) is 0 Å². The van der Waals surface area contributed by atoms with Crippen LogP contribution in [0.15, 0.2) is 0 Å². The SMILES string of the molecule is CS(C)=O.CS(C)=O.CS(C)=O.CS(C)=O.[Cl-].[Cl-].[Os+2]. The van der Waals surface area contributed by atoms with E-state index >= 15 is 0 Å². The molecule has 0 heterocycles. The summed E-state index contributed by atoms with van der Waals surface area (Å²) in [6.45, 7) is 0. The molecule has 19 heavy (non-hydrogen) atoms. The summed E-state index contributed by atoms with van der Waals surface area (Å²) in [5, 5.41) is 0. The molecule has 4 nitrogen and oxygen atoms in total. The van der Waals surface area contributed by atoms with E-state index in [4.69, 9.17) is 0 Å². The van der Waals surface area contributed by atoms with Gasteiger partial charge in [-0.05, 0) is 0 Å². The van der Waals surface area contributed by atoms with Gasteiger partial charge in [0, 0.05) is 93.2 Å². The Balaban J connectivity index is -0.0000000192. The predicted octanol–water partition coefficient (Wildman–Crippen LogP) is -6.02. The first-order valence-electron chi connectivity index (χ1n) is 3.93. The van der Waals surface area contributed by atoms with Gasteiger partial charge in [0.25, 0.3) is 0 Å². The Hall–Kier alpha value is 1.82. The van der Waals surface area contributed by atoms with Crippen LogP contribution >= 0.6 is 0 Å². The van der Waals surface area contributed by atoms with Crippen LogP contribution in [0.25, 0.3) is 0 Å². The molecule has 0 rings (SSSR count). The Morgan fingerprint density at radius 1 is 0.421 bits per heavy atom. The standard InChI is InChI=1S/4C2H6OS.2ClH.Os/c4*1-4(2)3;;;/h4*1-2H3;2*1H;/q;;;;;;+2/p-2. The summed E-state index contributed by atoms with van der Waals surface area (Å²) in [5.41, 5.74) is 0. The minimum absolute atomic E-state index is 0. The average molecular weight is 574 g/mol. The third-order valence-corrected chi connectivity index (χ3v) is 0. The molecule has 0 aliphatic rings. The molecular weight excluding hydrogens is 549 g/mol. The van der Waals surface area contributed by atoms with Crippen LogP contribution in [-0.4, -0.2) is 66.9 Å². The van der Waals surface area contributed by atoms with Crippen molar-refractivity contribution in [2.45, 2.75) is 0 Å². The van der Waals surface area contributed by atoms with Crippen molar-refractivity contribution in [3.63, 3.8) is 0 Å². The van der Waals surface area contributed by atoms with Gasteiger partial charge in [-0.25, -0.2) is 0 Å². The van der Waals surface area contributed by atoms with Crippen LogP contribution < -0.4 is 24.8 Å². The van der Waals surface area contributed by atoms with Gasteiger partial charge in [0.15, 0.2) is 0 Å². The van der Waals surface area contributed by atoms with Crippen LogP contribution in [0.2, 0.25) is 0 Å². The first-order valence-corrected chi connectivity index (χ1v) is 11.8. The van der Waals surface area contributed by atoms with E-state index in [0.717, 1.165) is 0 Å². The fourth-order valence-electron chi connectivity index (χ4n) is 0. The first kappa shape index (κ1) is 42.8. The normalized spacial score (nSPS) is 7.37. The van der Waals surface area contributed by atoms with E-state index in [1.807, 2.05) is 0 Å². The van der Waals surface area contributed by atoms with Crippen LogP contribution in [-0.2, 0) is 63.0 Å². The summed E-state index contributed by atoms with van der Waals surface area (Å²) in [4.78, 5) is 0. The topological polar surface area (TPSA) is 68.3 Å². The van der Waals surface area contributed by atoms with Crippen molar-refractivity contribution in [1.82, 2.24) is 0 Å². The van der Waals surface area contributed by atoms with Gasteiger partial charge in [-0.1, -0.05) is 0 Å². The van der Waals surface area contributed by atoms with Gasteiger partial charge in [-0.2, -0.15) is 0 Å². The van der Waals surface area contributed by atoms with Gasteiger partial charge in [-0.3, -0.25) is 16.8 Å². The van der Waals surface area contributed by atoms with Gasteiger partial charge in [0.2, 0.25) is 0 Å². The molecule has 126 valence electrons. The maximum Gasteiger partial charge on any atom is 2.00 e. The molecule has 0 atom stereocenters. The zero-order valence-corrected chi connectivity index (χ0v) is 19.7. The summed E-state index contributed by atoms with van der Waals surface area (Å²) >= 11 is 0. The first-order chi connectivity index (χ1) is 6.93. The van der Waals surface area contributed by atoms with Gasteiger partial charge < -0.3 is 24.8 Å². The smallest absolute Gasteiger partial charge is 1.00 e. The van der Waals surface area contributed by atoms with E-state index < -0.39 is 43.2 Å². The number of hydrogen-bond acceptors (Lipinski definition) is 4. The molecule has 0 aliphatic carbocycles. The quantitative estimate of drug-likeness (QED) is 0.290. The van der Waals surface area contributed by atoms with Crippen LogP contribution in [0, 0.1) is 0 Å². The summed E-state index contributed by atoms with van der Waals surface area (Å²) in [6.07, 6.45) is 13.1. The van der Waals surface area contributed by atoms with Gasteiger partial charge in [0.05, 0.1) is 0 Å². The van der Waals surface area contributed by atoms with Crippen LogP contribution in [0.3, 0.4) is 0 Å². The molecule has 11 heteroatoms. The second kappa shape index (κ2) is 36.8. The van der Waals surface area contributed by atoms with Crippen molar-refractivity contribution in [3.05, 3.63) is 0 Å². The zero-order valence-electron chi connectivity index (χ0n) is 12.4. The van der Waals surface area contributed by atoms with Gasteiger partial charge in [-0.15, -0.1) is 0 Å². The molecule has 0 aromatic carbocycles. The van der Waals surface area contributed by atoms with E-state index in [-0.39, 0.29) is 44.6 Å². The van der Waals surface area contributed by atoms with Crippen molar-refractivity contribution >= 4 is 43.2 Å². The fraction of sp³-hybridized carbons (Fsp3) is 1.00. The molecule has 0 amide bonds. The Bertz CT molecular complexity index is 179. The molecule has 0 saturated heterocycles. The second-order valence-corrected chi connectivity index (χ2v) is 8.90. The maximum absolute atomic E-state index is 9.56. The van der Waals surface area contributed by atoms with Crippen LogP contribution in [0.1, 0.15) is 0 Å². The maximum atomic E-state index is 9.56. The molecule has 0 aromatic rings. The molecule has 0 aliphatic heterocycles. The minimum atomic E-state index is -0.611. The van der Waals surface area contributed by atoms with E-state index in [9.17, 15) is 16.8 Å². The molecular formula is C8H24Cl2O4OsS4. The Labute approximate surface area is 153 Å². The third kappa shape index (κ3) is 1910. The van der Waals surface area contributed by atoms with Crippen LogP contribution in [0.5, 0.6) is 0 Å². The zero-order chi connectivity index (χ0) is 14.3.